The SMILES string of the molecule is COC(=O)[C@H](Cc1cccc(Br)c1)NC(=O)c1cccc(Br)c1. The molecule has 1 atom stereocenters. The average molecular weight is 441 g/mol. The van der Waals surface area contributed by atoms with Gasteiger partial charge in [-0.2, -0.15) is 0 Å². The molecule has 1 N–H and O–H groups in total. The molecule has 120 valence electrons. The van der Waals surface area contributed by atoms with Crippen molar-refractivity contribution in [2.24, 2.45) is 0 Å². The summed E-state index contributed by atoms with van der Waals surface area (Å²) in [5.74, 6) is -0.801. The summed E-state index contributed by atoms with van der Waals surface area (Å²) in [6.45, 7) is 0. The second-order valence-electron chi connectivity index (χ2n) is 4.89. The molecule has 0 saturated carbocycles. The number of methoxy groups -OCH3 is 1. The molecule has 0 radical (unpaired) electrons. The third kappa shape index (κ3) is 5.18. The minimum absolute atomic E-state index is 0.323. The molecule has 0 heterocycles. The van der Waals surface area contributed by atoms with E-state index in [4.69, 9.17) is 4.74 Å². The normalized spacial score (nSPS) is 11.6. The van der Waals surface area contributed by atoms with Crippen LogP contribution in [0.15, 0.2) is 57.5 Å². The Morgan fingerprint density at radius 3 is 2.35 bits per heavy atom. The first-order valence-electron chi connectivity index (χ1n) is 6.88. The van der Waals surface area contributed by atoms with Gasteiger partial charge in [0, 0.05) is 20.9 Å². The lowest BCUT2D eigenvalue weighted by Crippen LogP contribution is -2.43. The second-order valence-corrected chi connectivity index (χ2v) is 6.72. The van der Waals surface area contributed by atoms with Gasteiger partial charge in [-0.05, 0) is 35.9 Å². The molecule has 23 heavy (non-hydrogen) atoms. The Bertz CT molecular complexity index is 718. The van der Waals surface area contributed by atoms with Crippen molar-refractivity contribution < 1.29 is 14.3 Å². The monoisotopic (exact) mass is 439 g/mol. The Morgan fingerprint density at radius 1 is 1.09 bits per heavy atom. The first-order valence-corrected chi connectivity index (χ1v) is 8.47. The van der Waals surface area contributed by atoms with Gasteiger partial charge < -0.3 is 10.1 Å². The number of carbonyl (C=O) groups excluding carboxylic acids is 2. The summed E-state index contributed by atoms with van der Waals surface area (Å²) in [4.78, 5) is 24.3. The molecular weight excluding hydrogens is 426 g/mol. The molecule has 2 aromatic rings. The standard InChI is InChI=1S/C17H15Br2NO3/c1-23-17(22)15(9-11-4-2-6-13(18)8-11)20-16(21)12-5-3-7-14(19)10-12/h2-8,10,15H,9H2,1H3,(H,20,21)/t15-/m0/s1. The van der Waals surface area contributed by atoms with E-state index in [9.17, 15) is 9.59 Å². The van der Waals surface area contributed by atoms with Crippen LogP contribution < -0.4 is 5.32 Å². The predicted molar refractivity (Wildman–Crippen MR) is 95.3 cm³/mol. The highest BCUT2D eigenvalue weighted by Gasteiger charge is 2.22. The summed E-state index contributed by atoms with van der Waals surface area (Å²) in [5.41, 5.74) is 1.40. The molecule has 2 rings (SSSR count). The van der Waals surface area contributed by atoms with E-state index < -0.39 is 12.0 Å². The van der Waals surface area contributed by atoms with Gasteiger partial charge in [-0.25, -0.2) is 4.79 Å². The van der Waals surface area contributed by atoms with E-state index >= 15 is 0 Å². The second kappa shape index (κ2) is 8.26. The smallest absolute Gasteiger partial charge is 0.328 e. The van der Waals surface area contributed by atoms with Gasteiger partial charge in [0.25, 0.3) is 5.91 Å². The van der Waals surface area contributed by atoms with E-state index in [1.54, 1.807) is 18.2 Å². The van der Waals surface area contributed by atoms with Crippen LogP contribution in [-0.2, 0) is 16.0 Å². The van der Waals surface area contributed by atoms with Gasteiger partial charge in [-0.3, -0.25) is 4.79 Å². The molecular formula is C17H15Br2NO3. The van der Waals surface area contributed by atoms with Crippen molar-refractivity contribution in [3.05, 3.63) is 68.6 Å². The van der Waals surface area contributed by atoms with Gasteiger partial charge in [0.1, 0.15) is 6.04 Å². The summed E-state index contributed by atoms with van der Waals surface area (Å²) in [6.07, 6.45) is 0.353. The highest BCUT2D eigenvalue weighted by molar-refractivity contribution is 9.10. The van der Waals surface area contributed by atoms with Crippen LogP contribution in [0.1, 0.15) is 15.9 Å². The number of benzene rings is 2. The largest absolute Gasteiger partial charge is 0.467 e. The van der Waals surface area contributed by atoms with Crippen molar-refractivity contribution in [1.82, 2.24) is 5.32 Å². The number of esters is 1. The zero-order valence-electron chi connectivity index (χ0n) is 12.4. The van der Waals surface area contributed by atoms with E-state index in [-0.39, 0.29) is 5.91 Å². The Morgan fingerprint density at radius 2 is 1.74 bits per heavy atom. The maximum absolute atomic E-state index is 12.3. The maximum Gasteiger partial charge on any atom is 0.328 e. The lowest BCUT2D eigenvalue weighted by atomic mass is 10.1. The quantitative estimate of drug-likeness (QED) is 0.720. The van der Waals surface area contributed by atoms with Crippen LogP contribution in [-0.4, -0.2) is 25.0 Å². The van der Waals surface area contributed by atoms with E-state index in [1.165, 1.54) is 7.11 Å². The van der Waals surface area contributed by atoms with Gasteiger partial charge >= 0.3 is 5.97 Å². The Hall–Kier alpha value is -1.66. The predicted octanol–water partition coefficient (Wildman–Crippen LogP) is 3.73. The van der Waals surface area contributed by atoms with Crippen LogP contribution in [0.25, 0.3) is 0 Å². The van der Waals surface area contributed by atoms with Gasteiger partial charge in [0.15, 0.2) is 0 Å². The van der Waals surface area contributed by atoms with E-state index in [0.717, 1.165) is 14.5 Å². The molecule has 0 spiro atoms. The third-order valence-electron chi connectivity index (χ3n) is 3.21. The molecule has 0 bridgehead atoms. The fourth-order valence-electron chi connectivity index (χ4n) is 2.11. The molecule has 0 unspecified atom stereocenters. The highest BCUT2D eigenvalue weighted by atomic mass is 79.9. The zero-order chi connectivity index (χ0) is 16.8. The molecule has 6 heteroatoms. The summed E-state index contributed by atoms with van der Waals surface area (Å²) in [7, 11) is 1.31. The van der Waals surface area contributed by atoms with Crippen LogP contribution in [0.5, 0.6) is 0 Å². The van der Waals surface area contributed by atoms with Crippen LogP contribution >= 0.6 is 31.9 Å². The minimum Gasteiger partial charge on any atom is -0.467 e. The first kappa shape index (κ1) is 17.7. The van der Waals surface area contributed by atoms with Crippen molar-refractivity contribution in [3.63, 3.8) is 0 Å². The van der Waals surface area contributed by atoms with Gasteiger partial charge in [-0.1, -0.05) is 50.1 Å². The van der Waals surface area contributed by atoms with Crippen molar-refractivity contribution in [2.75, 3.05) is 7.11 Å². The van der Waals surface area contributed by atoms with Crippen molar-refractivity contribution in [3.8, 4) is 0 Å². The Balaban J connectivity index is 2.15. The lowest BCUT2D eigenvalue weighted by Gasteiger charge is -2.17. The fourth-order valence-corrected chi connectivity index (χ4v) is 2.95. The van der Waals surface area contributed by atoms with Gasteiger partial charge in [0.05, 0.1) is 7.11 Å². The summed E-state index contributed by atoms with van der Waals surface area (Å²) >= 11 is 6.72. The summed E-state index contributed by atoms with van der Waals surface area (Å²) in [5, 5.41) is 2.73. The Kier molecular flexibility index (Phi) is 6.36. The maximum atomic E-state index is 12.3. The molecule has 4 nitrogen and oxygen atoms in total. The highest BCUT2D eigenvalue weighted by Crippen LogP contribution is 2.15. The lowest BCUT2D eigenvalue weighted by molar-refractivity contribution is -0.142. The molecule has 0 fully saturated rings. The fraction of sp³-hybridized carbons (Fsp3) is 0.176. The van der Waals surface area contributed by atoms with E-state index in [1.807, 2.05) is 30.3 Å². The first-order chi connectivity index (χ1) is 11.0. The van der Waals surface area contributed by atoms with Gasteiger partial charge in [-0.15, -0.1) is 0 Å². The zero-order valence-corrected chi connectivity index (χ0v) is 15.6. The van der Waals surface area contributed by atoms with Crippen LogP contribution in [0.3, 0.4) is 0 Å². The topological polar surface area (TPSA) is 55.4 Å². The van der Waals surface area contributed by atoms with Crippen molar-refractivity contribution in [1.29, 1.82) is 0 Å². The average Bonchev–Trinajstić information content (AvgIpc) is 2.53. The number of rotatable bonds is 5. The molecule has 0 saturated heterocycles. The Labute approximate surface area is 151 Å². The summed E-state index contributed by atoms with van der Waals surface area (Å²) in [6, 6.07) is 13.8. The van der Waals surface area contributed by atoms with Crippen molar-refractivity contribution in [2.45, 2.75) is 12.5 Å². The van der Waals surface area contributed by atoms with Crippen LogP contribution in [0.2, 0.25) is 0 Å². The minimum atomic E-state index is -0.749. The number of nitrogens with one attached hydrogen (secondary N) is 1. The number of amides is 1. The summed E-state index contributed by atoms with van der Waals surface area (Å²) < 4.78 is 6.51. The molecule has 0 aliphatic rings. The number of hydrogen-bond donors (Lipinski definition) is 1. The number of halogens is 2. The van der Waals surface area contributed by atoms with Crippen molar-refractivity contribution >= 4 is 43.7 Å². The molecule has 0 aliphatic carbocycles. The van der Waals surface area contributed by atoms with E-state index in [0.29, 0.717) is 12.0 Å². The molecule has 2 aromatic carbocycles. The van der Waals surface area contributed by atoms with Crippen LogP contribution in [0.4, 0.5) is 0 Å². The van der Waals surface area contributed by atoms with E-state index in [2.05, 4.69) is 37.2 Å². The molecule has 1 amide bonds. The molecule has 0 aromatic heterocycles. The third-order valence-corrected chi connectivity index (χ3v) is 4.19. The number of ether oxygens (including phenoxy) is 1. The number of hydrogen-bond acceptors (Lipinski definition) is 3. The van der Waals surface area contributed by atoms with Crippen LogP contribution in [0, 0.1) is 0 Å². The number of carbonyl (C=O) groups is 2. The van der Waals surface area contributed by atoms with Gasteiger partial charge in [0.2, 0.25) is 0 Å². The molecule has 0 aliphatic heterocycles.